The van der Waals surface area contributed by atoms with Crippen LogP contribution in [0.25, 0.3) is 6.08 Å². The van der Waals surface area contributed by atoms with E-state index in [1.165, 1.54) is 25.9 Å². The molecule has 6 nitrogen and oxygen atoms in total. The second kappa shape index (κ2) is 10.3. The average Bonchev–Trinajstić information content (AvgIpc) is 2.79. The maximum absolute atomic E-state index is 12.5. The standard InChI is InChI=1S/C26H26N2O4/c1-17-10-11-19(18(2)14-17)12-13-25(29)27-21-15-24(32-4)22(16-23(21)31-3)28-26(30)20-8-6-5-7-9-20/h5-16H,1-4H3,(H,27,29)(H,28,30)/b13-12+. The number of hydrogen-bond donors (Lipinski definition) is 2. The highest BCUT2D eigenvalue weighted by molar-refractivity contribution is 6.06. The molecule has 0 saturated heterocycles. The first-order valence-electron chi connectivity index (χ1n) is 10.1. The van der Waals surface area contributed by atoms with Crippen molar-refractivity contribution in [3.8, 4) is 11.5 Å². The first-order valence-corrected chi connectivity index (χ1v) is 10.1. The van der Waals surface area contributed by atoms with Gasteiger partial charge in [-0.2, -0.15) is 0 Å². The van der Waals surface area contributed by atoms with Gasteiger partial charge in [0, 0.05) is 23.8 Å². The minimum absolute atomic E-state index is 0.279. The molecule has 3 rings (SSSR count). The van der Waals surface area contributed by atoms with Crippen molar-refractivity contribution >= 4 is 29.3 Å². The van der Waals surface area contributed by atoms with Crippen LogP contribution < -0.4 is 20.1 Å². The van der Waals surface area contributed by atoms with Crippen molar-refractivity contribution in [1.82, 2.24) is 0 Å². The number of methoxy groups -OCH3 is 2. The van der Waals surface area contributed by atoms with Crippen LogP contribution in [0.4, 0.5) is 11.4 Å². The first kappa shape index (κ1) is 22.6. The Hall–Kier alpha value is -4.06. The third kappa shape index (κ3) is 5.55. The minimum Gasteiger partial charge on any atom is -0.494 e. The van der Waals surface area contributed by atoms with Gasteiger partial charge in [-0.15, -0.1) is 0 Å². The summed E-state index contributed by atoms with van der Waals surface area (Å²) in [4.78, 5) is 25.0. The molecule has 0 fully saturated rings. The van der Waals surface area contributed by atoms with Gasteiger partial charge in [-0.05, 0) is 43.2 Å². The third-order valence-electron chi connectivity index (χ3n) is 4.90. The third-order valence-corrected chi connectivity index (χ3v) is 4.90. The Morgan fingerprint density at radius 2 is 1.44 bits per heavy atom. The van der Waals surface area contributed by atoms with Crippen molar-refractivity contribution in [3.63, 3.8) is 0 Å². The van der Waals surface area contributed by atoms with E-state index in [4.69, 9.17) is 9.47 Å². The molecule has 0 spiro atoms. The predicted molar refractivity (Wildman–Crippen MR) is 128 cm³/mol. The van der Waals surface area contributed by atoms with E-state index in [1.807, 2.05) is 32.0 Å². The lowest BCUT2D eigenvalue weighted by Crippen LogP contribution is -2.14. The highest BCUT2D eigenvalue weighted by Crippen LogP contribution is 2.36. The fourth-order valence-electron chi connectivity index (χ4n) is 3.23. The predicted octanol–water partition coefficient (Wildman–Crippen LogP) is 5.22. The Balaban J connectivity index is 1.80. The van der Waals surface area contributed by atoms with Gasteiger partial charge in [0.15, 0.2) is 0 Å². The molecule has 0 bridgehead atoms. The van der Waals surface area contributed by atoms with E-state index in [2.05, 4.69) is 16.7 Å². The molecule has 32 heavy (non-hydrogen) atoms. The largest absolute Gasteiger partial charge is 0.494 e. The molecule has 0 aromatic heterocycles. The lowest BCUT2D eigenvalue weighted by molar-refractivity contribution is -0.111. The maximum atomic E-state index is 12.5. The topological polar surface area (TPSA) is 76.7 Å². The van der Waals surface area contributed by atoms with Crippen LogP contribution in [0.1, 0.15) is 27.0 Å². The van der Waals surface area contributed by atoms with Crippen LogP contribution in [-0.4, -0.2) is 26.0 Å². The Bertz CT molecular complexity index is 1150. The lowest BCUT2D eigenvalue weighted by Gasteiger charge is -2.16. The van der Waals surface area contributed by atoms with Gasteiger partial charge in [-0.25, -0.2) is 0 Å². The van der Waals surface area contributed by atoms with Crippen LogP contribution in [0.3, 0.4) is 0 Å². The summed E-state index contributed by atoms with van der Waals surface area (Å²) >= 11 is 0. The van der Waals surface area contributed by atoms with E-state index in [0.717, 1.165) is 11.1 Å². The highest BCUT2D eigenvalue weighted by Gasteiger charge is 2.15. The van der Waals surface area contributed by atoms with Gasteiger partial charge in [0.1, 0.15) is 11.5 Å². The van der Waals surface area contributed by atoms with E-state index in [0.29, 0.717) is 28.4 Å². The molecule has 0 heterocycles. The number of aryl methyl sites for hydroxylation is 2. The summed E-state index contributed by atoms with van der Waals surface area (Å²) < 4.78 is 10.8. The molecule has 2 amide bonds. The molecule has 3 aromatic rings. The fraction of sp³-hybridized carbons (Fsp3) is 0.154. The van der Waals surface area contributed by atoms with E-state index in [1.54, 1.807) is 42.5 Å². The van der Waals surface area contributed by atoms with Crippen LogP contribution in [0.2, 0.25) is 0 Å². The molecular weight excluding hydrogens is 404 g/mol. The molecule has 2 N–H and O–H groups in total. The highest BCUT2D eigenvalue weighted by atomic mass is 16.5. The Morgan fingerprint density at radius 3 is 2.03 bits per heavy atom. The molecular formula is C26H26N2O4. The summed E-state index contributed by atoms with van der Waals surface area (Å²) in [5.41, 5.74) is 4.60. The molecule has 3 aromatic carbocycles. The molecule has 0 atom stereocenters. The summed E-state index contributed by atoms with van der Waals surface area (Å²) in [6.07, 6.45) is 3.23. The van der Waals surface area contributed by atoms with Gasteiger partial charge < -0.3 is 20.1 Å². The zero-order chi connectivity index (χ0) is 23.1. The second-order valence-electron chi connectivity index (χ2n) is 7.26. The Kier molecular flexibility index (Phi) is 7.29. The van der Waals surface area contributed by atoms with Gasteiger partial charge >= 0.3 is 0 Å². The summed E-state index contributed by atoms with van der Waals surface area (Å²) in [5, 5.41) is 5.63. The molecule has 164 valence electrons. The first-order chi connectivity index (χ1) is 15.4. The van der Waals surface area contributed by atoms with Crippen molar-refractivity contribution in [2.24, 2.45) is 0 Å². The fourth-order valence-corrected chi connectivity index (χ4v) is 3.23. The van der Waals surface area contributed by atoms with E-state index in [9.17, 15) is 9.59 Å². The van der Waals surface area contributed by atoms with E-state index in [-0.39, 0.29) is 11.8 Å². The number of anilines is 2. The number of nitrogens with one attached hydrogen (secondary N) is 2. The molecule has 0 radical (unpaired) electrons. The van der Waals surface area contributed by atoms with Crippen molar-refractivity contribution in [2.75, 3.05) is 24.9 Å². The smallest absolute Gasteiger partial charge is 0.255 e. The summed E-state index contributed by atoms with van der Waals surface area (Å²) in [5.74, 6) is 0.191. The number of carbonyl (C=O) groups excluding carboxylic acids is 2. The molecule has 0 unspecified atom stereocenters. The maximum Gasteiger partial charge on any atom is 0.255 e. The zero-order valence-corrected chi connectivity index (χ0v) is 18.6. The summed E-state index contributed by atoms with van der Waals surface area (Å²) in [7, 11) is 2.98. The van der Waals surface area contributed by atoms with E-state index >= 15 is 0 Å². The average molecular weight is 431 g/mol. The quantitative estimate of drug-likeness (QED) is 0.504. The van der Waals surface area contributed by atoms with Crippen molar-refractivity contribution in [1.29, 1.82) is 0 Å². The van der Waals surface area contributed by atoms with Crippen LogP contribution in [0.15, 0.2) is 66.7 Å². The number of benzene rings is 3. The van der Waals surface area contributed by atoms with Gasteiger partial charge in [-0.1, -0.05) is 42.0 Å². The molecule has 0 aliphatic rings. The van der Waals surface area contributed by atoms with Crippen molar-refractivity contribution < 1.29 is 19.1 Å². The van der Waals surface area contributed by atoms with Crippen LogP contribution >= 0.6 is 0 Å². The molecule has 0 saturated carbocycles. The Morgan fingerprint density at radius 1 is 0.812 bits per heavy atom. The van der Waals surface area contributed by atoms with Gasteiger partial charge in [0.25, 0.3) is 5.91 Å². The number of ether oxygens (including phenoxy) is 2. The normalized spacial score (nSPS) is 10.6. The zero-order valence-electron chi connectivity index (χ0n) is 18.6. The van der Waals surface area contributed by atoms with Crippen LogP contribution in [-0.2, 0) is 4.79 Å². The van der Waals surface area contributed by atoms with Crippen molar-refractivity contribution in [2.45, 2.75) is 13.8 Å². The van der Waals surface area contributed by atoms with Gasteiger partial charge in [-0.3, -0.25) is 9.59 Å². The SMILES string of the molecule is COc1cc(NC(=O)c2ccccc2)c(OC)cc1NC(=O)/C=C/c1ccc(C)cc1C. The number of hydrogen-bond acceptors (Lipinski definition) is 4. The molecule has 0 aliphatic heterocycles. The van der Waals surface area contributed by atoms with Gasteiger partial charge in [0.2, 0.25) is 5.91 Å². The lowest BCUT2D eigenvalue weighted by atomic mass is 10.1. The number of carbonyl (C=O) groups is 2. The number of amides is 2. The number of rotatable bonds is 7. The second-order valence-corrected chi connectivity index (χ2v) is 7.26. The molecule has 6 heteroatoms. The molecule has 0 aliphatic carbocycles. The van der Waals surface area contributed by atoms with Gasteiger partial charge in [0.05, 0.1) is 25.6 Å². The summed E-state index contributed by atoms with van der Waals surface area (Å²) in [6, 6.07) is 18.1. The van der Waals surface area contributed by atoms with Crippen LogP contribution in [0.5, 0.6) is 11.5 Å². The van der Waals surface area contributed by atoms with E-state index < -0.39 is 0 Å². The summed E-state index contributed by atoms with van der Waals surface area (Å²) in [6.45, 7) is 4.03. The minimum atomic E-state index is -0.314. The van der Waals surface area contributed by atoms with Crippen molar-refractivity contribution in [3.05, 3.63) is 89.0 Å². The van der Waals surface area contributed by atoms with Crippen LogP contribution in [0, 0.1) is 13.8 Å². The Labute approximate surface area is 187 Å². The monoisotopic (exact) mass is 430 g/mol.